The average Bonchev–Trinajstić information content (AvgIpc) is 2.53. The van der Waals surface area contributed by atoms with Crippen LogP contribution in [0.15, 0.2) is 60.7 Å². The Hall–Kier alpha value is -1.60. The zero-order valence-electron chi connectivity index (χ0n) is 13.5. The maximum atomic E-state index is 3.69. The minimum Gasteiger partial charge on any atom is -0.313 e. The molecule has 0 heterocycles. The molecule has 112 valence electrons. The van der Waals surface area contributed by atoms with E-state index in [9.17, 15) is 0 Å². The molecule has 2 rings (SSSR count). The molecule has 0 bridgehead atoms. The summed E-state index contributed by atoms with van der Waals surface area (Å²) in [7, 11) is 0. The first-order chi connectivity index (χ1) is 10.1. The Morgan fingerprint density at radius 2 is 1.48 bits per heavy atom. The molecule has 21 heavy (non-hydrogen) atoms. The van der Waals surface area contributed by atoms with Crippen LogP contribution in [-0.2, 0) is 11.8 Å². The highest BCUT2D eigenvalue weighted by molar-refractivity contribution is 5.24. The van der Waals surface area contributed by atoms with E-state index in [4.69, 9.17) is 0 Å². The van der Waals surface area contributed by atoms with Crippen molar-refractivity contribution in [3.8, 4) is 0 Å². The summed E-state index contributed by atoms with van der Waals surface area (Å²) < 4.78 is 0. The monoisotopic (exact) mass is 281 g/mol. The van der Waals surface area contributed by atoms with Crippen LogP contribution in [-0.4, -0.2) is 12.6 Å². The predicted octanol–water partition coefficient (Wildman–Crippen LogP) is 4.58. The Morgan fingerprint density at radius 3 is 2.10 bits per heavy atom. The largest absolute Gasteiger partial charge is 0.313 e. The van der Waals surface area contributed by atoms with E-state index in [2.05, 4.69) is 86.8 Å². The van der Waals surface area contributed by atoms with Crippen LogP contribution >= 0.6 is 0 Å². The molecule has 0 fully saturated rings. The van der Waals surface area contributed by atoms with Gasteiger partial charge in [-0.15, -0.1) is 0 Å². The predicted molar refractivity (Wildman–Crippen MR) is 91.7 cm³/mol. The molecule has 0 spiro atoms. The molecule has 2 aromatic rings. The van der Waals surface area contributed by atoms with Crippen LogP contribution in [0.5, 0.6) is 0 Å². The molecule has 1 nitrogen and oxygen atoms in total. The van der Waals surface area contributed by atoms with Crippen LogP contribution in [0.1, 0.15) is 38.3 Å². The lowest BCUT2D eigenvalue weighted by atomic mass is 9.84. The van der Waals surface area contributed by atoms with Gasteiger partial charge in [0.15, 0.2) is 0 Å². The first-order valence-electron chi connectivity index (χ1n) is 7.91. The Kier molecular flexibility index (Phi) is 5.58. The summed E-state index contributed by atoms with van der Waals surface area (Å²) in [4.78, 5) is 0. The van der Waals surface area contributed by atoms with Crippen molar-refractivity contribution >= 4 is 0 Å². The standard InChI is InChI=1S/C20H27N/c1-17(14-15-18-10-6-4-7-11-18)21-16-20(2,3)19-12-8-5-9-13-19/h4-13,17,21H,14-16H2,1-3H3. The highest BCUT2D eigenvalue weighted by Crippen LogP contribution is 2.22. The summed E-state index contributed by atoms with van der Waals surface area (Å²) in [6, 6.07) is 22.0. The zero-order chi connectivity index (χ0) is 15.1. The summed E-state index contributed by atoms with van der Waals surface area (Å²) in [5.74, 6) is 0. The van der Waals surface area contributed by atoms with Crippen LogP contribution in [0.3, 0.4) is 0 Å². The maximum absolute atomic E-state index is 3.69. The maximum Gasteiger partial charge on any atom is 0.00456 e. The summed E-state index contributed by atoms with van der Waals surface area (Å²) in [6.45, 7) is 7.90. The second-order valence-corrected chi connectivity index (χ2v) is 6.56. The number of nitrogens with one attached hydrogen (secondary N) is 1. The summed E-state index contributed by atoms with van der Waals surface area (Å²) in [5, 5.41) is 3.69. The van der Waals surface area contributed by atoms with Gasteiger partial charge >= 0.3 is 0 Å². The Labute approximate surface area is 129 Å². The fraction of sp³-hybridized carbons (Fsp3) is 0.400. The number of hydrogen-bond acceptors (Lipinski definition) is 1. The first-order valence-corrected chi connectivity index (χ1v) is 7.91. The van der Waals surface area contributed by atoms with Crippen LogP contribution < -0.4 is 5.32 Å². The Bertz CT molecular complexity index is 516. The van der Waals surface area contributed by atoms with E-state index in [-0.39, 0.29) is 5.41 Å². The van der Waals surface area contributed by atoms with E-state index in [1.807, 2.05) is 0 Å². The van der Waals surface area contributed by atoms with E-state index < -0.39 is 0 Å². The lowest BCUT2D eigenvalue weighted by Crippen LogP contribution is -2.38. The zero-order valence-corrected chi connectivity index (χ0v) is 13.5. The molecule has 1 heteroatoms. The summed E-state index contributed by atoms with van der Waals surface area (Å²) in [6.07, 6.45) is 2.32. The minimum absolute atomic E-state index is 0.169. The van der Waals surface area contributed by atoms with Crippen LogP contribution in [0.2, 0.25) is 0 Å². The fourth-order valence-electron chi connectivity index (χ4n) is 2.55. The molecule has 0 aliphatic carbocycles. The lowest BCUT2D eigenvalue weighted by molar-refractivity contribution is 0.417. The van der Waals surface area contributed by atoms with Gasteiger partial charge in [0.05, 0.1) is 0 Å². The molecular weight excluding hydrogens is 254 g/mol. The second kappa shape index (κ2) is 7.42. The van der Waals surface area contributed by atoms with Crippen LogP contribution in [0.25, 0.3) is 0 Å². The molecule has 1 N–H and O–H groups in total. The third-order valence-corrected chi connectivity index (χ3v) is 4.16. The molecule has 0 amide bonds. The third kappa shape index (κ3) is 5.02. The van der Waals surface area contributed by atoms with Crippen molar-refractivity contribution in [2.45, 2.75) is 45.1 Å². The molecule has 1 atom stereocenters. The molecular formula is C20H27N. The molecule has 2 aromatic carbocycles. The fourth-order valence-corrected chi connectivity index (χ4v) is 2.55. The summed E-state index contributed by atoms with van der Waals surface area (Å²) in [5.41, 5.74) is 2.99. The van der Waals surface area contributed by atoms with E-state index in [0.717, 1.165) is 13.0 Å². The number of rotatable bonds is 7. The number of hydrogen-bond donors (Lipinski definition) is 1. The molecule has 0 aliphatic heterocycles. The van der Waals surface area contributed by atoms with Gasteiger partial charge in [0, 0.05) is 18.0 Å². The van der Waals surface area contributed by atoms with Crippen LogP contribution in [0.4, 0.5) is 0 Å². The highest BCUT2D eigenvalue weighted by atomic mass is 14.9. The van der Waals surface area contributed by atoms with E-state index in [0.29, 0.717) is 6.04 Å². The molecule has 0 radical (unpaired) electrons. The SMILES string of the molecule is CC(CCc1ccccc1)NCC(C)(C)c1ccccc1. The van der Waals surface area contributed by atoms with Crippen LogP contribution in [0, 0.1) is 0 Å². The topological polar surface area (TPSA) is 12.0 Å². The van der Waals surface area contributed by atoms with Gasteiger partial charge in [-0.05, 0) is 30.9 Å². The lowest BCUT2D eigenvalue weighted by Gasteiger charge is -2.28. The van der Waals surface area contributed by atoms with Gasteiger partial charge in [-0.2, -0.15) is 0 Å². The van der Waals surface area contributed by atoms with Crippen molar-refractivity contribution in [3.05, 3.63) is 71.8 Å². The van der Waals surface area contributed by atoms with Crippen molar-refractivity contribution in [1.82, 2.24) is 5.32 Å². The van der Waals surface area contributed by atoms with Gasteiger partial charge in [-0.3, -0.25) is 0 Å². The van der Waals surface area contributed by atoms with Crippen molar-refractivity contribution in [2.24, 2.45) is 0 Å². The van der Waals surface area contributed by atoms with Gasteiger partial charge in [0.25, 0.3) is 0 Å². The van der Waals surface area contributed by atoms with Gasteiger partial charge in [0.1, 0.15) is 0 Å². The van der Waals surface area contributed by atoms with Crippen molar-refractivity contribution < 1.29 is 0 Å². The molecule has 1 unspecified atom stereocenters. The quantitative estimate of drug-likeness (QED) is 0.783. The molecule has 0 saturated heterocycles. The van der Waals surface area contributed by atoms with Crippen molar-refractivity contribution in [2.75, 3.05) is 6.54 Å². The Balaban J connectivity index is 1.79. The van der Waals surface area contributed by atoms with E-state index in [1.165, 1.54) is 17.5 Å². The first kappa shape index (κ1) is 15.8. The minimum atomic E-state index is 0.169. The third-order valence-electron chi connectivity index (χ3n) is 4.16. The smallest absolute Gasteiger partial charge is 0.00456 e. The summed E-state index contributed by atoms with van der Waals surface area (Å²) >= 11 is 0. The van der Waals surface area contributed by atoms with E-state index >= 15 is 0 Å². The number of benzene rings is 2. The van der Waals surface area contributed by atoms with Crippen molar-refractivity contribution in [3.63, 3.8) is 0 Å². The highest BCUT2D eigenvalue weighted by Gasteiger charge is 2.20. The van der Waals surface area contributed by atoms with Crippen molar-refractivity contribution in [1.29, 1.82) is 0 Å². The van der Waals surface area contributed by atoms with Gasteiger partial charge < -0.3 is 5.32 Å². The van der Waals surface area contributed by atoms with Gasteiger partial charge in [-0.25, -0.2) is 0 Å². The number of aryl methyl sites for hydroxylation is 1. The molecule has 0 saturated carbocycles. The van der Waals surface area contributed by atoms with Gasteiger partial charge in [-0.1, -0.05) is 74.5 Å². The Morgan fingerprint density at radius 1 is 0.905 bits per heavy atom. The molecule has 0 aromatic heterocycles. The van der Waals surface area contributed by atoms with E-state index in [1.54, 1.807) is 0 Å². The molecule has 0 aliphatic rings. The second-order valence-electron chi connectivity index (χ2n) is 6.56. The van der Waals surface area contributed by atoms with Gasteiger partial charge in [0.2, 0.25) is 0 Å². The average molecular weight is 281 g/mol. The normalized spacial score (nSPS) is 13.1.